The van der Waals surface area contributed by atoms with Crippen LogP contribution in [0.4, 0.5) is 5.69 Å². The quantitative estimate of drug-likeness (QED) is 0.219. The molecule has 0 spiro atoms. The molecule has 4 aromatic rings. The number of halogens is 2. The van der Waals surface area contributed by atoms with E-state index >= 15 is 0 Å². The van der Waals surface area contributed by atoms with E-state index in [4.69, 9.17) is 32.7 Å². The molecule has 0 atom stereocenters. The van der Waals surface area contributed by atoms with Crippen molar-refractivity contribution >= 4 is 52.5 Å². The van der Waals surface area contributed by atoms with E-state index in [1.54, 1.807) is 71.3 Å². The molecule has 0 bridgehead atoms. The van der Waals surface area contributed by atoms with Crippen LogP contribution in [0.2, 0.25) is 10.0 Å². The molecular formula is C27H25Cl2N5O4S. The van der Waals surface area contributed by atoms with Gasteiger partial charge >= 0.3 is 0 Å². The van der Waals surface area contributed by atoms with Crippen molar-refractivity contribution in [3.05, 3.63) is 88.2 Å². The predicted molar refractivity (Wildman–Crippen MR) is 153 cm³/mol. The van der Waals surface area contributed by atoms with Gasteiger partial charge in [0.2, 0.25) is 5.91 Å². The molecule has 0 saturated carbocycles. The Balaban J connectivity index is 1.49. The summed E-state index contributed by atoms with van der Waals surface area (Å²) in [4.78, 5) is 25.4. The molecule has 9 nitrogen and oxygen atoms in total. The average Bonchev–Trinajstić information content (AvgIpc) is 3.36. The zero-order valence-electron chi connectivity index (χ0n) is 21.1. The second-order valence-electron chi connectivity index (χ2n) is 8.04. The monoisotopic (exact) mass is 585 g/mol. The first-order chi connectivity index (χ1) is 18.9. The van der Waals surface area contributed by atoms with Crippen molar-refractivity contribution < 1.29 is 19.1 Å². The van der Waals surface area contributed by atoms with Gasteiger partial charge in [0, 0.05) is 11.3 Å². The van der Waals surface area contributed by atoms with Crippen molar-refractivity contribution in [2.45, 2.75) is 18.6 Å². The van der Waals surface area contributed by atoms with Gasteiger partial charge in [-0.15, -0.1) is 10.2 Å². The fraction of sp³-hybridized carbons (Fsp3) is 0.185. The number of methoxy groups -OCH3 is 1. The Labute approximate surface area is 239 Å². The van der Waals surface area contributed by atoms with Crippen LogP contribution in [0, 0.1) is 0 Å². The molecule has 3 aromatic carbocycles. The SMILES string of the molecule is CCOc1ccc(NC(=O)CSc2nnc(CNC(=O)c3cccc(OC)c3)n2-c2ccc(Cl)c(Cl)c2)cc1. The minimum Gasteiger partial charge on any atom is -0.497 e. The highest BCUT2D eigenvalue weighted by Gasteiger charge is 2.18. The van der Waals surface area contributed by atoms with Crippen LogP contribution in [-0.2, 0) is 11.3 Å². The van der Waals surface area contributed by atoms with Crippen LogP contribution in [-0.4, -0.2) is 46.0 Å². The molecule has 0 fully saturated rings. The average molecular weight is 587 g/mol. The fourth-order valence-corrected chi connectivity index (χ4v) is 4.61. The topological polar surface area (TPSA) is 107 Å². The number of carbonyl (C=O) groups is 2. The number of thioether (sulfide) groups is 1. The summed E-state index contributed by atoms with van der Waals surface area (Å²) in [7, 11) is 1.54. The minimum atomic E-state index is -0.304. The normalized spacial score (nSPS) is 10.7. The maximum atomic E-state index is 12.8. The maximum absolute atomic E-state index is 12.8. The molecule has 0 saturated heterocycles. The summed E-state index contributed by atoms with van der Waals surface area (Å²) in [6, 6.07) is 19.0. The second kappa shape index (κ2) is 13.4. The highest BCUT2D eigenvalue weighted by Crippen LogP contribution is 2.28. The number of aromatic nitrogens is 3. The highest BCUT2D eigenvalue weighted by molar-refractivity contribution is 7.99. The Kier molecular flexibility index (Phi) is 9.69. The minimum absolute atomic E-state index is 0.0717. The lowest BCUT2D eigenvalue weighted by atomic mass is 10.2. The highest BCUT2D eigenvalue weighted by atomic mass is 35.5. The predicted octanol–water partition coefficient (Wildman–Crippen LogP) is 5.64. The Bertz CT molecular complexity index is 1460. The first-order valence-electron chi connectivity index (χ1n) is 11.9. The van der Waals surface area contributed by atoms with E-state index < -0.39 is 0 Å². The van der Waals surface area contributed by atoms with Gasteiger partial charge in [0.15, 0.2) is 11.0 Å². The molecule has 0 aliphatic heterocycles. The van der Waals surface area contributed by atoms with Gasteiger partial charge in [-0.2, -0.15) is 0 Å². The molecule has 1 heterocycles. The molecule has 0 aliphatic carbocycles. The Morgan fingerprint density at radius 3 is 2.49 bits per heavy atom. The number of carbonyl (C=O) groups excluding carboxylic acids is 2. The molecule has 2 N–H and O–H groups in total. The molecule has 12 heteroatoms. The first kappa shape index (κ1) is 28.3. The summed E-state index contributed by atoms with van der Waals surface area (Å²) in [6.07, 6.45) is 0. The van der Waals surface area contributed by atoms with E-state index in [9.17, 15) is 9.59 Å². The van der Waals surface area contributed by atoms with Crippen LogP contribution in [0.5, 0.6) is 11.5 Å². The van der Waals surface area contributed by atoms with Crippen LogP contribution in [0.3, 0.4) is 0 Å². The van der Waals surface area contributed by atoms with Crippen LogP contribution in [0.1, 0.15) is 23.1 Å². The van der Waals surface area contributed by atoms with Crippen molar-refractivity contribution in [2.75, 3.05) is 24.8 Å². The van der Waals surface area contributed by atoms with E-state index in [-0.39, 0.29) is 24.1 Å². The van der Waals surface area contributed by atoms with Gasteiger partial charge in [0.05, 0.1) is 41.7 Å². The fourth-order valence-electron chi connectivity index (χ4n) is 3.55. The lowest BCUT2D eigenvalue weighted by Crippen LogP contribution is -2.24. The molecule has 0 unspecified atom stereocenters. The van der Waals surface area contributed by atoms with Gasteiger partial charge in [-0.25, -0.2) is 0 Å². The molecule has 0 aliphatic rings. The Morgan fingerprint density at radius 2 is 1.77 bits per heavy atom. The lowest BCUT2D eigenvalue weighted by molar-refractivity contribution is -0.113. The lowest BCUT2D eigenvalue weighted by Gasteiger charge is -2.12. The van der Waals surface area contributed by atoms with Crippen LogP contribution in [0.25, 0.3) is 5.69 Å². The van der Waals surface area contributed by atoms with E-state index in [1.165, 1.54) is 18.9 Å². The third-order valence-corrected chi connectivity index (χ3v) is 7.05. The molecule has 39 heavy (non-hydrogen) atoms. The summed E-state index contributed by atoms with van der Waals surface area (Å²) in [6.45, 7) is 2.54. The summed E-state index contributed by atoms with van der Waals surface area (Å²) < 4.78 is 12.4. The summed E-state index contributed by atoms with van der Waals surface area (Å²) >= 11 is 13.6. The number of benzene rings is 3. The summed E-state index contributed by atoms with van der Waals surface area (Å²) in [5.74, 6) is 1.29. The number of amides is 2. The van der Waals surface area contributed by atoms with Crippen molar-refractivity contribution in [1.82, 2.24) is 20.1 Å². The Hall–Kier alpha value is -3.73. The number of hydrogen-bond donors (Lipinski definition) is 2. The maximum Gasteiger partial charge on any atom is 0.251 e. The van der Waals surface area contributed by atoms with Gasteiger partial charge in [0.25, 0.3) is 5.91 Å². The number of rotatable bonds is 11. The van der Waals surface area contributed by atoms with Crippen molar-refractivity contribution in [1.29, 1.82) is 0 Å². The van der Waals surface area contributed by atoms with Crippen LogP contribution in [0.15, 0.2) is 71.9 Å². The van der Waals surface area contributed by atoms with Crippen molar-refractivity contribution in [3.8, 4) is 17.2 Å². The second-order valence-corrected chi connectivity index (χ2v) is 9.80. The Morgan fingerprint density at radius 1 is 0.974 bits per heavy atom. The smallest absolute Gasteiger partial charge is 0.251 e. The van der Waals surface area contributed by atoms with Gasteiger partial charge in [-0.3, -0.25) is 14.2 Å². The van der Waals surface area contributed by atoms with Gasteiger partial charge in [0.1, 0.15) is 11.5 Å². The van der Waals surface area contributed by atoms with Gasteiger partial charge in [-0.1, -0.05) is 41.0 Å². The van der Waals surface area contributed by atoms with Gasteiger partial charge in [-0.05, 0) is 67.6 Å². The van der Waals surface area contributed by atoms with E-state index in [2.05, 4.69) is 20.8 Å². The number of nitrogens with one attached hydrogen (secondary N) is 2. The molecule has 202 valence electrons. The zero-order valence-corrected chi connectivity index (χ0v) is 23.4. The van der Waals surface area contributed by atoms with Crippen LogP contribution >= 0.6 is 35.0 Å². The zero-order chi connectivity index (χ0) is 27.8. The van der Waals surface area contributed by atoms with E-state index in [1.807, 2.05) is 6.92 Å². The van der Waals surface area contributed by atoms with Crippen LogP contribution < -0.4 is 20.1 Å². The molecule has 2 amide bonds. The molecule has 0 radical (unpaired) electrons. The molecular weight excluding hydrogens is 561 g/mol. The third kappa shape index (κ3) is 7.44. The van der Waals surface area contributed by atoms with Gasteiger partial charge < -0.3 is 20.1 Å². The summed E-state index contributed by atoms with van der Waals surface area (Å²) in [5.41, 5.74) is 1.72. The van der Waals surface area contributed by atoms with Crippen molar-refractivity contribution in [3.63, 3.8) is 0 Å². The number of anilines is 1. The standard InChI is InChI=1S/C27H25Cl2N5O4S/c1-3-38-20-10-7-18(8-11-20)31-25(35)16-39-27-33-32-24(34(27)19-9-12-22(28)23(29)14-19)15-30-26(36)17-5-4-6-21(13-17)37-2/h4-14H,3,15-16H2,1-2H3,(H,30,36)(H,31,35). The third-order valence-electron chi connectivity index (χ3n) is 5.38. The number of hydrogen-bond acceptors (Lipinski definition) is 7. The summed E-state index contributed by atoms with van der Waals surface area (Å²) in [5, 5.41) is 15.4. The van der Waals surface area contributed by atoms with E-state index in [0.29, 0.717) is 50.3 Å². The number of nitrogens with zero attached hydrogens (tertiary/aromatic N) is 3. The molecule has 1 aromatic heterocycles. The van der Waals surface area contributed by atoms with E-state index in [0.717, 1.165) is 5.75 Å². The van der Waals surface area contributed by atoms with Crippen molar-refractivity contribution in [2.24, 2.45) is 0 Å². The molecule has 4 rings (SSSR count). The number of ether oxygens (including phenoxy) is 2. The first-order valence-corrected chi connectivity index (χ1v) is 13.6. The largest absolute Gasteiger partial charge is 0.497 e.